The molecule has 1 saturated heterocycles. The zero-order valence-electron chi connectivity index (χ0n) is 20.4. The summed E-state index contributed by atoms with van der Waals surface area (Å²) < 4.78 is 29.5. The molecule has 3 atom stereocenters. The summed E-state index contributed by atoms with van der Waals surface area (Å²) in [5.74, 6) is 0.416. The van der Waals surface area contributed by atoms with Crippen LogP contribution < -0.4 is 4.90 Å². The van der Waals surface area contributed by atoms with Crippen molar-refractivity contribution in [3.8, 4) is 0 Å². The van der Waals surface area contributed by atoms with Gasteiger partial charge < -0.3 is 9.64 Å². The zero-order chi connectivity index (χ0) is 23.4. The van der Waals surface area contributed by atoms with E-state index in [1.807, 2.05) is 0 Å². The fourth-order valence-corrected chi connectivity index (χ4v) is 5.21. The summed E-state index contributed by atoms with van der Waals surface area (Å²) >= 11 is 0. The lowest BCUT2D eigenvalue weighted by Gasteiger charge is -2.42. The van der Waals surface area contributed by atoms with Gasteiger partial charge in [0.05, 0.1) is 28.7 Å². The van der Waals surface area contributed by atoms with Crippen molar-refractivity contribution in [1.29, 1.82) is 0 Å². The van der Waals surface area contributed by atoms with Crippen LogP contribution in [0.15, 0.2) is 18.2 Å². The third-order valence-corrected chi connectivity index (χ3v) is 9.11. The highest BCUT2D eigenvalue weighted by Crippen LogP contribution is 2.27. The molecular weight excluding hydrogens is 410 g/mol. The molecule has 1 heterocycles. The van der Waals surface area contributed by atoms with Crippen LogP contribution in [-0.2, 0) is 25.8 Å². The number of rotatable bonds is 9. The zero-order valence-corrected chi connectivity index (χ0v) is 21.2. The normalized spacial score (nSPS) is 22.5. The van der Waals surface area contributed by atoms with Crippen LogP contribution in [0.25, 0.3) is 0 Å². The number of carbonyl (C=O) groups is 1. The second-order valence-corrected chi connectivity index (χ2v) is 13.0. The lowest BCUT2D eigenvalue weighted by molar-refractivity contribution is -0.118. The van der Waals surface area contributed by atoms with Gasteiger partial charge in [0, 0.05) is 25.1 Å². The standard InChI is InChI=1S/C25H41NO4S/c1-18-15-23(26-17-19(2)30-21(4)20(26)3)13-12-22(18)16-24(27)11-9-8-10-14-31(28,29)25(5,6)7/h12-13,15,19-21H,8-11,14,16-17H2,1-7H3/t19-,20?,21+/m0/s1. The minimum absolute atomic E-state index is 0.184. The second-order valence-electron chi connectivity index (χ2n) is 10.1. The van der Waals surface area contributed by atoms with E-state index in [-0.39, 0.29) is 23.7 Å². The average molecular weight is 452 g/mol. The van der Waals surface area contributed by atoms with Gasteiger partial charge in [-0.3, -0.25) is 4.79 Å². The van der Waals surface area contributed by atoms with Gasteiger partial charge in [0.1, 0.15) is 5.78 Å². The number of ether oxygens (including phenoxy) is 1. The first-order chi connectivity index (χ1) is 14.3. The molecule has 31 heavy (non-hydrogen) atoms. The molecule has 176 valence electrons. The molecule has 0 amide bonds. The summed E-state index contributed by atoms with van der Waals surface area (Å²) in [4.78, 5) is 14.9. The van der Waals surface area contributed by atoms with E-state index >= 15 is 0 Å². The van der Waals surface area contributed by atoms with E-state index in [1.165, 1.54) is 5.69 Å². The molecule has 0 aromatic heterocycles. The fourth-order valence-electron chi connectivity index (χ4n) is 4.02. The van der Waals surface area contributed by atoms with Crippen LogP contribution in [0, 0.1) is 6.92 Å². The van der Waals surface area contributed by atoms with Gasteiger partial charge in [0.15, 0.2) is 9.84 Å². The van der Waals surface area contributed by atoms with E-state index in [4.69, 9.17) is 4.74 Å². The van der Waals surface area contributed by atoms with Crippen molar-refractivity contribution in [2.24, 2.45) is 0 Å². The van der Waals surface area contributed by atoms with Gasteiger partial charge in [-0.1, -0.05) is 12.5 Å². The number of aryl methyl sites for hydroxylation is 1. The largest absolute Gasteiger partial charge is 0.372 e. The topological polar surface area (TPSA) is 63.7 Å². The summed E-state index contributed by atoms with van der Waals surface area (Å²) in [6, 6.07) is 6.69. The molecule has 0 bridgehead atoms. The van der Waals surface area contributed by atoms with Crippen LogP contribution in [0.2, 0.25) is 0 Å². The van der Waals surface area contributed by atoms with Crippen molar-refractivity contribution in [2.75, 3.05) is 17.2 Å². The molecule has 6 heteroatoms. The number of morpholine rings is 1. The maximum absolute atomic E-state index is 12.5. The predicted octanol–water partition coefficient (Wildman–Crippen LogP) is 4.88. The molecule has 1 aliphatic rings. The number of hydrogen-bond donors (Lipinski definition) is 0. The van der Waals surface area contributed by atoms with Gasteiger partial charge in [-0.15, -0.1) is 0 Å². The quantitative estimate of drug-likeness (QED) is 0.501. The van der Waals surface area contributed by atoms with Crippen molar-refractivity contribution in [3.63, 3.8) is 0 Å². The Hall–Kier alpha value is -1.40. The minimum atomic E-state index is -3.07. The van der Waals surface area contributed by atoms with Gasteiger partial charge >= 0.3 is 0 Å². The number of ketones is 1. The number of carbonyl (C=O) groups excluding carboxylic acids is 1. The minimum Gasteiger partial charge on any atom is -0.372 e. The molecule has 2 rings (SSSR count). The molecule has 0 N–H and O–H groups in total. The third-order valence-electron chi connectivity index (χ3n) is 6.42. The summed E-state index contributed by atoms with van der Waals surface area (Å²) in [5.41, 5.74) is 3.40. The van der Waals surface area contributed by atoms with Crippen LogP contribution in [0.3, 0.4) is 0 Å². The summed E-state index contributed by atoms with van der Waals surface area (Å²) in [5, 5.41) is 0. The monoisotopic (exact) mass is 451 g/mol. The second kappa shape index (κ2) is 10.5. The number of unbranched alkanes of at least 4 members (excludes halogenated alkanes) is 2. The molecular formula is C25H41NO4S. The summed E-state index contributed by atoms with van der Waals surface area (Å²) in [6.07, 6.45) is 3.47. The van der Waals surface area contributed by atoms with Crippen LogP contribution in [0.4, 0.5) is 5.69 Å². The highest BCUT2D eigenvalue weighted by atomic mass is 32.2. The first-order valence-electron chi connectivity index (χ1n) is 11.6. The summed E-state index contributed by atoms with van der Waals surface area (Å²) in [6.45, 7) is 14.6. The molecule has 0 spiro atoms. The van der Waals surface area contributed by atoms with E-state index in [1.54, 1.807) is 20.8 Å². The lowest BCUT2D eigenvalue weighted by Crippen LogP contribution is -2.52. The van der Waals surface area contributed by atoms with E-state index in [0.717, 1.165) is 30.5 Å². The Morgan fingerprint density at radius 3 is 2.42 bits per heavy atom. The smallest absolute Gasteiger partial charge is 0.155 e. The van der Waals surface area contributed by atoms with Crippen molar-refractivity contribution < 1.29 is 17.9 Å². The number of nitrogens with zero attached hydrogens (tertiary/aromatic N) is 1. The first kappa shape index (κ1) is 25.9. The highest BCUT2D eigenvalue weighted by Gasteiger charge is 2.30. The maximum Gasteiger partial charge on any atom is 0.155 e. The summed E-state index contributed by atoms with van der Waals surface area (Å²) in [7, 11) is -3.07. The Morgan fingerprint density at radius 1 is 1.13 bits per heavy atom. The van der Waals surface area contributed by atoms with E-state index in [0.29, 0.717) is 25.3 Å². The van der Waals surface area contributed by atoms with Gasteiger partial charge in [-0.2, -0.15) is 0 Å². The first-order valence-corrected chi connectivity index (χ1v) is 13.2. The Morgan fingerprint density at radius 2 is 1.81 bits per heavy atom. The Labute approximate surface area is 189 Å². The van der Waals surface area contributed by atoms with E-state index in [2.05, 4.69) is 50.8 Å². The van der Waals surface area contributed by atoms with Crippen LogP contribution in [0.1, 0.15) is 78.4 Å². The molecule has 1 fully saturated rings. The molecule has 0 aliphatic carbocycles. The number of benzene rings is 1. The maximum atomic E-state index is 12.5. The SMILES string of the molecule is Cc1cc(N2C[C@H](C)O[C@H](C)C2C)ccc1CC(=O)CCCCCS(=O)(=O)C(C)(C)C. The number of anilines is 1. The molecule has 1 aliphatic heterocycles. The van der Waals surface area contributed by atoms with Crippen molar-refractivity contribution >= 4 is 21.3 Å². The van der Waals surface area contributed by atoms with Crippen molar-refractivity contribution in [3.05, 3.63) is 29.3 Å². The Bertz CT molecular complexity index is 857. The molecule has 1 aromatic rings. The van der Waals surface area contributed by atoms with Gasteiger partial charge in [-0.25, -0.2) is 8.42 Å². The Kier molecular flexibility index (Phi) is 8.74. The van der Waals surface area contributed by atoms with Crippen molar-refractivity contribution in [2.45, 2.75) is 104 Å². The Balaban J connectivity index is 1.84. The molecule has 0 saturated carbocycles. The van der Waals surface area contributed by atoms with Crippen LogP contribution in [-0.4, -0.2) is 49.5 Å². The fraction of sp³-hybridized carbons (Fsp3) is 0.720. The van der Waals surface area contributed by atoms with Crippen LogP contribution >= 0.6 is 0 Å². The number of Topliss-reactive ketones (excluding diaryl/α,β-unsaturated/α-hetero) is 1. The van der Waals surface area contributed by atoms with E-state index < -0.39 is 14.6 Å². The van der Waals surface area contributed by atoms with Crippen LogP contribution in [0.5, 0.6) is 0 Å². The molecule has 0 radical (unpaired) electrons. The molecule has 5 nitrogen and oxygen atoms in total. The third kappa shape index (κ3) is 7.04. The van der Waals surface area contributed by atoms with E-state index in [9.17, 15) is 13.2 Å². The van der Waals surface area contributed by atoms with Gasteiger partial charge in [0.25, 0.3) is 0 Å². The van der Waals surface area contributed by atoms with Gasteiger partial charge in [-0.05, 0) is 84.6 Å². The van der Waals surface area contributed by atoms with Gasteiger partial charge in [0.2, 0.25) is 0 Å². The molecule has 1 unspecified atom stereocenters. The number of sulfone groups is 1. The molecule has 1 aromatic carbocycles. The average Bonchev–Trinajstić information content (AvgIpc) is 2.65. The predicted molar refractivity (Wildman–Crippen MR) is 129 cm³/mol. The van der Waals surface area contributed by atoms with Crippen molar-refractivity contribution in [1.82, 2.24) is 0 Å². The lowest BCUT2D eigenvalue weighted by atomic mass is 9.98. The number of hydrogen-bond acceptors (Lipinski definition) is 5. The highest BCUT2D eigenvalue weighted by molar-refractivity contribution is 7.92.